The molecular formula is C16H22O5. The fourth-order valence-corrected chi connectivity index (χ4v) is 2.39. The van der Waals surface area contributed by atoms with Crippen molar-refractivity contribution in [2.45, 2.75) is 45.1 Å². The van der Waals surface area contributed by atoms with E-state index in [9.17, 15) is 19.8 Å². The zero-order valence-corrected chi connectivity index (χ0v) is 12.6. The van der Waals surface area contributed by atoms with Crippen molar-refractivity contribution < 1.29 is 24.5 Å². The normalized spacial score (nSPS) is 15.0. The molecule has 5 heteroatoms. The minimum Gasteiger partial charge on any atom is -0.480 e. The van der Waals surface area contributed by atoms with Gasteiger partial charge in [-0.3, -0.25) is 9.59 Å². The summed E-state index contributed by atoms with van der Waals surface area (Å²) in [5.74, 6) is -2.04. The summed E-state index contributed by atoms with van der Waals surface area (Å²) in [6.45, 7) is 5.07. The van der Waals surface area contributed by atoms with Gasteiger partial charge in [0.15, 0.2) is 5.41 Å². The molecule has 21 heavy (non-hydrogen) atoms. The summed E-state index contributed by atoms with van der Waals surface area (Å²) in [5.41, 5.74) is -0.659. The molecule has 0 aliphatic rings. The maximum Gasteiger partial charge on any atom is 0.328 e. The van der Waals surface area contributed by atoms with Crippen LogP contribution in [0.1, 0.15) is 37.8 Å². The molecule has 0 aliphatic heterocycles. The Bertz CT molecular complexity index is 509. The highest BCUT2D eigenvalue weighted by atomic mass is 16.5. The predicted molar refractivity (Wildman–Crippen MR) is 78.0 cm³/mol. The summed E-state index contributed by atoms with van der Waals surface area (Å²) in [5, 5.41) is 19.2. The third-order valence-electron chi connectivity index (χ3n) is 3.53. The topological polar surface area (TPSA) is 83.8 Å². The maximum atomic E-state index is 12.4. The summed E-state index contributed by atoms with van der Waals surface area (Å²) in [4.78, 5) is 24.3. The highest BCUT2D eigenvalue weighted by Gasteiger charge is 2.49. The number of carboxylic acids is 1. The molecule has 1 aromatic rings. The molecule has 0 radical (unpaired) electrons. The lowest BCUT2D eigenvalue weighted by molar-refractivity contribution is -0.162. The van der Waals surface area contributed by atoms with E-state index in [-0.39, 0.29) is 19.4 Å². The number of aliphatic hydroxyl groups is 1. The van der Waals surface area contributed by atoms with E-state index in [0.717, 1.165) is 0 Å². The van der Waals surface area contributed by atoms with Crippen molar-refractivity contribution >= 4 is 11.9 Å². The molecule has 0 fully saturated rings. The molecule has 0 bridgehead atoms. The first kappa shape index (κ1) is 17.2. The van der Waals surface area contributed by atoms with Crippen LogP contribution in [-0.4, -0.2) is 34.9 Å². The number of carbonyl (C=O) groups excluding carboxylic acids is 1. The van der Waals surface area contributed by atoms with Gasteiger partial charge in [-0.15, -0.1) is 0 Å². The minimum atomic E-state index is -1.78. The average molecular weight is 294 g/mol. The lowest BCUT2D eigenvalue weighted by atomic mass is 9.74. The second-order valence-electron chi connectivity index (χ2n) is 5.13. The van der Waals surface area contributed by atoms with Gasteiger partial charge in [0.05, 0.1) is 12.7 Å². The SMILES string of the molecule is CCOC(=O)C(CCC(C)O)(C(=O)O)c1ccccc1C. The molecule has 0 aliphatic carbocycles. The number of hydrogen-bond acceptors (Lipinski definition) is 4. The Hall–Kier alpha value is -1.88. The first-order valence-electron chi connectivity index (χ1n) is 7.01. The summed E-state index contributed by atoms with van der Waals surface area (Å²) in [7, 11) is 0. The number of carboxylic acid groups (broad SMARTS) is 1. The van der Waals surface area contributed by atoms with E-state index in [1.54, 1.807) is 45.0 Å². The van der Waals surface area contributed by atoms with Crippen molar-refractivity contribution in [1.29, 1.82) is 0 Å². The van der Waals surface area contributed by atoms with Crippen molar-refractivity contribution in [3.8, 4) is 0 Å². The number of carbonyl (C=O) groups is 2. The molecule has 0 spiro atoms. The molecule has 0 aromatic heterocycles. The summed E-state index contributed by atoms with van der Waals surface area (Å²) in [6, 6.07) is 6.87. The number of aliphatic carboxylic acids is 1. The average Bonchev–Trinajstić information content (AvgIpc) is 2.41. The van der Waals surface area contributed by atoms with Crippen LogP contribution in [0.25, 0.3) is 0 Å². The molecule has 2 atom stereocenters. The van der Waals surface area contributed by atoms with E-state index >= 15 is 0 Å². The molecule has 2 N–H and O–H groups in total. The van der Waals surface area contributed by atoms with Crippen LogP contribution in [0.2, 0.25) is 0 Å². The van der Waals surface area contributed by atoms with Crippen molar-refractivity contribution in [2.24, 2.45) is 0 Å². The van der Waals surface area contributed by atoms with Crippen LogP contribution in [0.3, 0.4) is 0 Å². The molecule has 1 aromatic carbocycles. The molecule has 0 saturated carbocycles. The van der Waals surface area contributed by atoms with Crippen LogP contribution in [-0.2, 0) is 19.7 Å². The largest absolute Gasteiger partial charge is 0.480 e. The second kappa shape index (κ2) is 7.22. The molecule has 2 unspecified atom stereocenters. The first-order valence-corrected chi connectivity index (χ1v) is 7.01. The Morgan fingerprint density at radius 3 is 2.43 bits per heavy atom. The van der Waals surface area contributed by atoms with Crippen LogP contribution in [0, 0.1) is 6.92 Å². The molecule has 116 valence electrons. The van der Waals surface area contributed by atoms with E-state index in [4.69, 9.17) is 4.74 Å². The molecule has 0 saturated heterocycles. The van der Waals surface area contributed by atoms with Crippen LogP contribution >= 0.6 is 0 Å². The number of esters is 1. The van der Waals surface area contributed by atoms with E-state index in [0.29, 0.717) is 11.1 Å². The van der Waals surface area contributed by atoms with E-state index < -0.39 is 23.5 Å². The quantitative estimate of drug-likeness (QED) is 0.594. The highest BCUT2D eigenvalue weighted by Crippen LogP contribution is 2.34. The summed E-state index contributed by atoms with van der Waals surface area (Å²) >= 11 is 0. The van der Waals surface area contributed by atoms with Gasteiger partial charge in [-0.2, -0.15) is 0 Å². The van der Waals surface area contributed by atoms with Crippen molar-refractivity contribution in [3.63, 3.8) is 0 Å². The fraction of sp³-hybridized carbons (Fsp3) is 0.500. The van der Waals surface area contributed by atoms with Gasteiger partial charge in [0.1, 0.15) is 0 Å². The number of ether oxygens (including phenoxy) is 1. The first-order chi connectivity index (χ1) is 9.86. The third-order valence-corrected chi connectivity index (χ3v) is 3.53. The Morgan fingerprint density at radius 2 is 1.95 bits per heavy atom. The fourth-order valence-electron chi connectivity index (χ4n) is 2.39. The van der Waals surface area contributed by atoms with Gasteiger partial charge in [-0.1, -0.05) is 24.3 Å². The van der Waals surface area contributed by atoms with Gasteiger partial charge in [0.25, 0.3) is 0 Å². The number of benzene rings is 1. The Morgan fingerprint density at radius 1 is 1.33 bits per heavy atom. The Kier molecular flexibility index (Phi) is 5.90. The Labute approximate surface area is 124 Å². The van der Waals surface area contributed by atoms with Gasteiger partial charge >= 0.3 is 11.9 Å². The minimum absolute atomic E-state index is 0.0102. The van der Waals surface area contributed by atoms with Gasteiger partial charge < -0.3 is 14.9 Å². The number of aryl methyl sites for hydroxylation is 1. The Balaban J connectivity index is 3.40. The van der Waals surface area contributed by atoms with Crippen LogP contribution in [0.5, 0.6) is 0 Å². The highest BCUT2D eigenvalue weighted by molar-refractivity contribution is 6.05. The zero-order chi connectivity index (χ0) is 16.0. The van der Waals surface area contributed by atoms with E-state index in [1.807, 2.05) is 0 Å². The lowest BCUT2D eigenvalue weighted by Gasteiger charge is -2.29. The lowest BCUT2D eigenvalue weighted by Crippen LogP contribution is -2.46. The summed E-state index contributed by atoms with van der Waals surface area (Å²) in [6.07, 6.45) is -0.509. The van der Waals surface area contributed by atoms with Crippen LogP contribution < -0.4 is 0 Å². The molecule has 0 heterocycles. The number of aliphatic hydroxyl groups excluding tert-OH is 1. The maximum absolute atomic E-state index is 12.4. The standard InChI is InChI=1S/C16H22O5/c1-4-21-15(20)16(14(18)19,10-9-12(3)17)13-8-6-5-7-11(13)2/h5-8,12,17H,4,9-10H2,1-3H3,(H,18,19). The van der Waals surface area contributed by atoms with Gasteiger partial charge in [-0.25, -0.2) is 0 Å². The van der Waals surface area contributed by atoms with E-state index in [2.05, 4.69) is 0 Å². The third kappa shape index (κ3) is 3.61. The van der Waals surface area contributed by atoms with Crippen LogP contribution in [0.4, 0.5) is 0 Å². The zero-order valence-electron chi connectivity index (χ0n) is 12.6. The van der Waals surface area contributed by atoms with Crippen molar-refractivity contribution in [2.75, 3.05) is 6.61 Å². The van der Waals surface area contributed by atoms with E-state index in [1.165, 1.54) is 0 Å². The monoisotopic (exact) mass is 294 g/mol. The van der Waals surface area contributed by atoms with Gasteiger partial charge in [-0.05, 0) is 44.7 Å². The summed E-state index contributed by atoms with van der Waals surface area (Å²) < 4.78 is 5.01. The van der Waals surface area contributed by atoms with Crippen LogP contribution in [0.15, 0.2) is 24.3 Å². The number of hydrogen-bond donors (Lipinski definition) is 2. The van der Waals surface area contributed by atoms with Gasteiger partial charge in [0, 0.05) is 0 Å². The van der Waals surface area contributed by atoms with Crippen molar-refractivity contribution in [3.05, 3.63) is 35.4 Å². The second-order valence-corrected chi connectivity index (χ2v) is 5.13. The molecule has 0 amide bonds. The van der Waals surface area contributed by atoms with Crippen molar-refractivity contribution in [1.82, 2.24) is 0 Å². The predicted octanol–water partition coefficient (Wildman–Crippen LogP) is 2.04. The smallest absolute Gasteiger partial charge is 0.328 e. The van der Waals surface area contributed by atoms with Gasteiger partial charge in [0.2, 0.25) is 0 Å². The molecular weight excluding hydrogens is 272 g/mol. The molecule has 5 nitrogen and oxygen atoms in total. The number of rotatable bonds is 7. The molecule has 1 rings (SSSR count).